The van der Waals surface area contributed by atoms with Gasteiger partial charge in [0, 0.05) is 24.2 Å². The summed E-state index contributed by atoms with van der Waals surface area (Å²) in [5.74, 6) is -0.697. The maximum absolute atomic E-state index is 13.9. The minimum Gasteiger partial charge on any atom is -0.315 e. The molecule has 4 heteroatoms. The van der Waals surface area contributed by atoms with Crippen molar-refractivity contribution in [2.75, 3.05) is 19.6 Å². The summed E-state index contributed by atoms with van der Waals surface area (Å²) in [7, 11) is 0. The number of hydrogen-bond donors (Lipinski definition) is 1. The molecule has 1 aromatic carbocycles. The molecule has 1 saturated heterocycles. The van der Waals surface area contributed by atoms with Crippen LogP contribution in [0.3, 0.4) is 0 Å². The van der Waals surface area contributed by atoms with Crippen molar-refractivity contribution >= 4 is 0 Å². The molecule has 1 aromatic rings. The largest absolute Gasteiger partial charge is 0.315 e. The van der Waals surface area contributed by atoms with Crippen molar-refractivity contribution in [3.8, 4) is 0 Å². The summed E-state index contributed by atoms with van der Waals surface area (Å²) in [6.07, 6.45) is 2.25. The number of nitrogens with one attached hydrogen (secondary N) is 1. The molecule has 1 aliphatic rings. The van der Waals surface area contributed by atoms with Gasteiger partial charge in [0.15, 0.2) is 0 Å². The van der Waals surface area contributed by atoms with E-state index in [9.17, 15) is 8.78 Å². The van der Waals surface area contributed by atoms with Crippen molar-refractivity contribution in [3.63, 3.8) is 0 Å². The molecule has 2 rings (SSSR count). The molecule has 19 heavy (non-hydrogen) atoms. The zero-order valence-electron chi connectivity index (χ0n) is 11.6. The molecule has 0 bridgehead atoms. The standard InChI is InChI=1S/C15H22F2N2/c1-3-19(13-5-4-8-18-10-13)11(2)14-9-12(16)6-7-15(14)17/h6-7,9,11,13,18H,3-5,8,10H2,1-2H3. The van der Waals surface area contributed by atoms with Crippen molar-refractivity contribution in [1.82, 2.24) is 10.2 Å². The fourth-order valence-corrected chi connectivity index (χ4v) is 2.98. The van der Waals surface area contributed by atoms with E-state index in [0.29, 0.717) is 11.6 Å². The van der Waals surface area contributed by atoms with Gasteiger partial charge >= 0.3 is 0 Å². The second-order valence-electron chi connectivity index (χ2n) is 5.17. The highest BCUT2D eigenvalue weighted by Crippen LogP contribution is 2.27. The van der Waals surface area contributed by atoms with Crippen molar-refractivity contribution in [3.05, 3.63) is 35.4 Å². The summed E-state index contributed by atoms with van der Waals surface area (Å²) in [6.45, 7) is 6.84. The van der Waals surface area contributed by atoms with E-state index in [-0.39, 0.29) is 17.7 Å². The van der Waals surface area contributed by atoms with Crippen LogP contribution in [0.25, 0.3) is 0 Å². The maximum Gasteiger partial charge on any atom is 0.128 e. The molecule has 106 valence electrons. The molecule has 0 aromatic heterocycles. The first-order valence-corrected chi connectivity index (χ1v) is 7.05. The number of halogens is 2. The van der Waals surface area contributed by atoms with Crippen LogP contribution in [-0.2, 0) is 0 Å². The summed E-state index contributed by atoms with van der Waals surface area (Å²) in [5, 5.41) is 3.37. The van der Waals surface area contributed by atoms with Crippen molar-refractivity contribution in [2.45, 2.75) is 38.8 Å². The lowest BCUT2D eigenvalue weighted by Gasteiger charge is -2.38. The number of benzene rings is 1. The van der Waals surface area contributed by atoms with E-state index >= 15 is 0 Å². The molecular formula is C15H22F2N2. The Morgan fingerprint density at radius 2 is 2.21 bits per heavy atom. The van der Waals surface area contributed by atoms with E-state index in [1.807, 2.05) is 6.92 Å². The summed E-state index contributed by atoms with van der Waals surface area (Å²) in [5.41, 5.74) is 0.451. The highest BCUT2D eigenvalue weighted by molar-refractivity contribution is 5.22. The normalized spacial score (nSPS) is 21.6. The molecule has 1 aliphatic heterocycles. The Kier molecular flexibility index (Phi) is 4.88. The van der Waals surface area contributed by atoms with Crippen LogP contribution >= 0.6 is 0 Å². The van der Waals surface area contributed by atoms with Gasteiger partial charge in [-0.3, -0.25) is 4.90 Å². The summed E-state index contributed by atoms with van der Waals surface area (Å²) < 4.78 is 27.2. The van der Waals surface area contributed by atoms with Crippen LogP contribution in [0.15, 0.2) is 18.2 Å². The Balaban J connectivity index is 2.19. The van der Waals surface area contributed by atoms with E-state index in [1.54, 1.807) is 0 Å². The first kappa shape index (κ1) is 14.4. The Bertz CT molecular complexity index is 417. The molecule has 0 aliphatic carbocycles. The summed E-state index contributed by atoms with van der Waals surface area (Å²) in [4.78, 5) is 2.25. The molecule has 1 N–H and O–H groups in total. The first-order chi connectivity index (χ1) is 9.13. The van der Waals surface area contributed by atoms with E-state index < -0.39 is 0 Å². The third-order valence-corrected chi connectivity index (χ3v) is 4.01. The number of nitrogens with zero attached hydrogens (tertiary/aromatic N) is 1. The van der Waals surface area contributed by atoms with Crippen molar-refractivity contribution in [1.29, 1.82) is 0 Å². The smallest absolute Gasteiger partial charge is 0.128 e. The highest BCUT2D eigenvalue weighted by atomic mass is 19.1. The first-order valence-electron chi connectivity index (χ1n) is 7.05. The van der Waals surface area contributed by atoms with Gasteiger partial charge in [-0.2, -0.15) is 0 Å². The molecule has 0 spiro atoms. The Labute approximate surface area is 113 Å². The van der Waals surface area contributed by atoms with Gasteiger partial charge in [-0.05, 0) is 51.1 Å². The Hall–Kier alpha value is -1.00. The average Bonchev–Trinajstić information content (AvgIpc) is 2.43. The van der Waals surface area contributed by atoms with Gasteiger partial charge in [0.05, 0.1) is 0 Å². The molecule has 1 heterocycles. The van der Waals surface area contributed by atoms with Crippen LogP contribution in [-0.4, -0.2) is 30.6 Å². The predicted molar refractivity (Wildman–Crippen MR) is 73.0 cm³/mol. The highest BCUT2D eigenvalue weighted by Gasteiger charge is 2.26. The number of hydrogen-bond acceptors (Lipinski definition) is 2. The predicted octanol–water partition coefficient (Wildman–Crippen LogP) is 3.10. The monoisotopic (exact) mass is 268 g/mol. The van der Waals surface area contributed by atoms with Crippen LogP contribution in [0.4, 0.5) is 8.78 Å². The van der Waals surface area contributed by atoms with Gasteiger partial charge in [-0.1, -0.05) is 6.92 Å². The van der Waals surface area contributed by atoms with Gasteiger partial charge in [0.1, 0.15) is 11.6 Å². The van der Waals surface area contributed by atoms with Crippen molar-refractivity contribution in [2.24, 2.45) is 0 Å². The summed E-state index contributed by atoms with van der Waals surface area (Å²) >= 11 is 0. The molecular weight excluding hydrogens is 246 g/mol. The zero-order valence-corrected chi connectivity index (χ0v) is 11.6. The molecule has 1 fully saturated rings. The minimum absolute atomic E-state index is 0.106. The van der Waals surface area contributed by atoms with E-state index in [1.165, 1.54) is 18.2 Å². The fraction of sp³-hybridized carbons (Fsp3) is 0.600. The molecule has 0 saturated carbocycles. The van der Waals surface area contributed by atoms with Gasteiger partial charge < -0.3 is 5.32 Å². The Morgan fingerprint density at radius 1 is 1.42 bits per heavy atom. The van der Waals surface area contributed by atoms with Crippen LogP contribution in [0.5, 0.6) is 0 Å². The molecule has 2 nitrogen and oxygen atoms in total. The lowest BCUT2D eigenvalue weighted by Crippen LogP contribution is -2.47. The molecule has 0 radical (unpaired) electrons. The molecule has 0 amide bonds. The second-order valence-corrected chi connectivity index (χ2v) is 5.17. The van der Waals surface area contributed by atoms with Crippen LogP contribution in [0, 0.1) is 11.6 Å². The fourth-order valence-electron chi connectivity index (χ4n) is 2.98. The third-order valence-electron chi connectivity index (χ3n) is 4.01. The van der Waals surface area contributed by atoms with Crippen molar-refractivity contribution < 1.29 is 8.78 Å². The maximum atomic E-state index is 13.9. The average molecular weight is 268 g/mol. The van der Waals surface area contributed by atoms with Crippen LogP contribution in [0.2, 0.25) is 0 Å². The topological polar surface area (TPSA) is 15.3 Å². The minimum atomic E-state index is -0.374. The summed E-state index contributed by atoms with van der Waals surface area (Å²) in [6, 6.07) is 4.00. The van der Waals surface area contributed by atoms with Crippen LogP contribution in [0.1, 0.15) is 38.3 Å². The Morgan fingerprint density at radius 3 is 2.84 bits per heavy atom. The van der Waals surface area contributed by atoms with Gasteiger partial charge in [0.25, 0.3) is 0 Å². The number of piperidine rings is 1. The lowest BCUT2D eigenvalue weighted by atomic mass is 10.00. The number of rotatable bonds is 4. The zero-order chi connectivity index (χ0) is 13.8. The lowest BCUT2D eigenvalue weighted by molar-refractivity contribution is 0.125. The third kappa shape index (κ3) is 3.31. The quantitative estimate of drug-likeness (QED) is 0.902. The van der Waals surface area contributed by atoms with Gasteiger partial charge in [-0.15, -0.1) is 0 Å². The van der Waals surface area contributed by atoms with E-state index in [2.05, 4.69) is 17.1 Å². The van der Waals surface area contributed by atoms with E-state index in [0.717, 1.165) is 32.5 Å². The molecule has 2 atom stereocenters. The van der Waals surface area contributed by atoms with E-state index in [4.69, 9.17) is 0 Å². The van der Waals surface area contributed by atoms with Gasteiger partial charge in [0.2, 0.25) is 0 Å². The van der Waals surface area contributed by atoms with Gasteiger partial charge in [-0.25, -0.2) is 8.78 Å². The second kappa shape index (κ2) is 6.44. The number of likely N-dealkylation sites (N-methyl/N-ethyl adjacent to an activating group) is 1. The SMILES string of the molecule is CCN(C1CCCNC1)C(C)c1cc(F)ccc1F. The van der Waals surface area contributed by atoms with Crippen LogP contribution < -0.4 is 5.32 Å². The molecule has 2 unspecified atom stereocenters.